The second-order valence-electron chi connectivity index (χ2n) is 5.71. The molecule has 7 nitrogen and oxygen atoms in total. The van der Waals surface area contributed by atoms with Crippen molar-refractivity contribution in [3.05, 3.63) is 24.3 Å². The van der Waals surface area contributed by atoms with E-state index in [4.69, 9.17) is 4.74 Å². The Hall–Kier alpha value is -2.18. The predicted molar refractivity (Wildman–Crippen MR) is 78.2 cm³/mol. The minimum Gasteiger partial charge on any atom is -0.478 e. The number of hydrogen-bond acceptors (Lipinski definition) is 5. The molecule has 0 aliphatic heterocycles. The molecule has 1 saturated carbocycles. The van der Waals surface area contributed by atoms with Crippen molar-refractivity contribution in [2.75, 3.05) is 0 Å². The van der Waals surface area contributed by atoms with E-state index in [0.29, 0.717) is 11.7 Å². The molecule has 3 atom stereocenters. The van der Waals surface area contributed by atoms with E-state index < -0.39 is 18.2 Å². The number of carbonyl (C=O) groups excluding carboxylic acids is 1. The molecule has 0 aromatic carbocycles. The van der Waals surface area contributed by atoms with Gasteiger partial charge in [-0.25, -0.2) is 19.6 Å². The van der Waals surface area contributed by atoms with Crippen LogP contribution in [0.1, 0.15) is 38.4 Å². The monoisotopic (exact) mass is 307 g/mol. The third kappa shape index (κ3) is 4.98. The quantitative estimate of drug-likeness (QED) is 0.859. The summed E-state index contributed by atoms with van der Waals surface area (Å²) >= 11 is 0. The van der Waals surface area contributed by atoms with Crippen molar-refractivity contribution in [1.29, 1.82) is 0 Å². The fourth-order valence-corrected chi connectivity index (χ4v) is 2.68. The van der Waals surface area contributed by atoms with Gasteiger partial charge in [0.25, 0.3) is 0 Å². The van der Waals surface area contributed by atoms with Crippen LogP contribution in [0.25, 0.3) is 0 Å². The lowest BCUT2D eigenvalue weighted by Gasteiger charge is -2.27. The van der Waals surface area contributed by atoms with Gasteiger partial charge in [0.15, 0.2) is 0 Å². The van der Waals surface area contributed by atoms with Crippen LogP contribution in [0, 0.1) is 5.92 Å². The third-order valence-corrected chi connectivity index (χ3v) is 3.77. The van der Waals surface area contributed by atoms with Crippen molar-refractivity contribution in [1.82, 2.24) is 15.3 Å². The summed E-state index contributed by atoms with van der Waals surface area (Å²) in [5.41, 5.74) is 0. The molecule has 2 N–H and O–H groups in total. The number of alkyl carbamates (subject to hydrolysis) is 1. The van der Waals surface area contributed by atoms with Crippen LogP contribution >= 0.6 is 0 Å². The van der Waals surface area contributed by atoms with Gasteiger partial charge in [-0.15, -0.1) is 0 Å². The highest BCUT2D eigenvalue weighted by atomic mass is 16.6. The van der Waals surface area contributed by atoms with Crippen LogP contribution in [0.15, 0.2) is 18.5 Å². The average molecular weight is 307 g/mol. The van der Waals surface area contributed by atoms with E-state index in [-0.39, 0.29) is 12.5 Å². The predicted octanol–water partition coefficient (Wildman–Crippen LogP) is 1.78. The Kier molecular flexibility index (Phi) is 5.68. The Morgan fingerprint density at radius 1 is 1.41 bits per heavy atom. The van der Waals surface area contributed by atoms with E-state index in [1.54, 1.807) is 6.07 Å². The summed E-state index contributed by atoms with van der Waals surface area (Å²) in [4.78, 5) is 31.0. The number of carboxylic acids is 1. The van der Waals surface area contributed by atoms with Gasteiger partial charge < -0.3 is 15.2 Å². The summed E-state index contributed by atoms with van der Waals surface area (Å²) in [6.07, 6.45) is 5.03. The van der Waals surface area contributed by atoms with Crippen LogP contribution in [0.4, 0.5) is 4.79 Å². The van der Waals surface area contributed by atoms with Gasteiger partial charge in [0, 0.05) is 18.4 Å². The number of hydrogen-bond donors (Lipinski definition) is 2. The second kappa shape index (κ2) is 7.72. The average Bonchev–Trinajstić information content (AvgIpc) is 2.47. The first-order valence-corrected chi connectivity index (χ1v) is 7.50. The summed E-state index contributed by atoms with van der Waals surface area (Å²) in [7, 11) is 0. The number of rotatable bonds is 5. The summed E-state index contributed by atoms with van der Waals surface area (Å²) in [6.45, 7) is 2.14. The Balaban J connectivity index is 1.87. The van der Waals surface area contributed by atoms with Crippen LogP contribution in [0.5, 0.6) is 0 Å². The largest absolute Gasteiger partial charge is 0.478 e. The van der Waals surface area contributed by atoms with E-state index in [1.165, 1.54) is 12.4 Å². The Morgan fingerprint density at radius 2 is 2.14 bits per heavy atom. The van der Waals surface area contributed by atoms with Crippen LogP contribution in [0.2, 0.25) is 0 Å². The molecule has 1 aliphatic rings. The fraction of sp³-hybridized carbons (Fsp3) is 0.600. The fourth-order valence-electron chi connectivity index (χ4n) is 2.68. The lowest BCUT2D eigenvalue weighted by molar-refractivity contribution is -0.146. The molecule has 1 fully saturated rings. The molecule has 0 spiro atoms. The van der Waals surface area contributed by atoms with Gasteiger partial charge >= 0.3 is 12.1 Å². The van der Waals surface area contributed by atoms with E-state index in [2.05, 4.69) is 22.2 Å². The summed E-state index contributed by atoms with van der Waals surface area (Å²) < 4.78 is 5.02. The highest BCUT2D eigenvalue weighted by molar-refractivity contribution is 5.77. The maximum atomic E-state index is 11.9. The Labute approximate surface area is 129 Å². The summed E-state index contributed by atoms with van der Waals surface area (Å²) in [5.74, 6) is -0.319. The van der Waals surface area contributed by atoms with Crippen LogP contribution in [-0.4, -0.2) is 39.3 Å². The van der Waals surface area contributed by atoms with Crippen LogP contribution < -0.4 is 5.32 Å². The standard InChI is InChI=1S/C15H21N3O4/c1-10-4-2-5-11(8-10)18-15(21)22-12(14(19)20)9-13-16-6-3-7-17-13/h3,6-7,10-12H,2,4-5,8-9H2,1H3,(H,18,21)(H,19,20). The number of nitrogens with one attached hydrogen (secondary N) is 1. The van der Waals surface area contributed by atoms with Crippen molar-refractivity contribution in [2.24, 2.45) is 5.92 Å². The van der Waals surface area contributed by atoms with Gasteiger partial charge in [-0.3, -0.25) is 0 Å². The topological polar surface area (TPSA) is 101 Å². The molecule has 2 rings (SSSR count). The highest BCUT2D eigenvalue weighted by Crippen LogP contribution is 2.23. The molecule has 1 amide bonds. The van der Waals surface area contributed by atoms with Gasteiger partial charge in [0.2, 0.25) is 6.10 Å². The maximum absolute atomic E-state index is 11.9. The molecule has 0 saturated heterocycles. The molecule has 1 heterocycles. The van der Waals surface area contributed by atoms with Crippen molar-refractivity contribution >= 4 is 12.1 Å². The van der Waals surface area contributed by atoms with E-state index in [9.17, 15) is 14.7 Å². The molecular weight excluding hydrogens is 286 g/mol. The lowest BCUT2D eigenvalue weighted by Crippen LogP contribution is -2.41. The second-order valence-corrected chi connectivity index (χ2v) is 5.71. The number of aromatic nitrogens is 2. The van der Waals surface area contributed by atoms with Crippen molar-refractivity contribution in [2.45, 2.75) is 51.2 Å². The normalized spacial score (nSPS) is 22.6. The Bertz CT molecular complexity index is 509. The van der Waals surface area contributed by atoms with Crippen molar-refractivity contribution in [3.8, 4) is 0 Å². The Morgan fingerprint density at radius 3 is 2.77 bits per heavy atom. The first kappa shape index (κ1) is 16.2. The van der Waals surface area contributed by atoms with Gasteiger partial charge in [0.1, 0.15) is 5.82 Å². The molecule has 0 radical (unpaired) electrons. The zero-order valence-electron chi connectivity index (χ0n) is 12.6. The van der Waals surface area contributed by atoms with Crippen molar-refractivity contribution < 1.29 is 19.4 Å². The van der Waals surface area contributed by atoms with Gasteiger partial charge in [0.05, 0.1) is 6.42 Å². The first-order valence-electron chi connectivity index (χ1n) is 7.50. The van der Waals surface area contributed by atoms with Crippen LogP contribution in [-0.2, 0) is 16.0 Å². The first-order chi connectivity index (χ1) is 10.5. The van der Waals surface area contributed by atoms with Gasteiger partial charge in [-0.2, -0.15) is 0 Å². The number of nitrogens with zero attached hydrogens (tertiary/aromatic N) is 2. The number of amides is 1. The number of aliphatic carboxylic acids is 1. The molecule has 3 unspecified atom stereocenters. The summed E-state index contributed by atoms with van der Waals surface area (Å²) in [5, 5.41) is 11.9. The smallest absolute Gasteiger partial charge is 0.408 e. The number of ether oxygens (including phenoxy) is 1. The van der Waals surface area contributed by atoms with Crippen LogP contribution in [0.3, 0.4) is 0 Å². The molecule has 7 heteroatoms. The number of carbonyl (C=O) groups is 2. The molecular formula is C15H21N3O4. The SMILES string of the molecule is CC1CCCC(NC(=O)OC(Cc2ncccn2)C(=O)O)C1. The lowest BCUT2D eigenvalue weighted by atomic mass is 9.87. The minimum absolute atomic E-state index is 0.0509. The maximum Gasteiger partial charge on any atom is 0.408 e. The molecule has 1 aromatic rings. The molecule has 0 bridgehead atoms. The zero-order valence-corrected chi connectivity index (χ0v) is 12.6. The molecule has 1 aromatic heterocycles. The molecule has 120 valence electrons. The van der Waals surface area contributed by atoms with Gasteiger partial charge in [-0.1, -0.05) is 19.8 Å². The minimum atomic E-state index is -1.29. The van der Waals surface area contributed by atoms with Gasteiger partial charge in [-0.05, 0) is 24.8 Å². The molecule has 22 heavy (non-hydrogen) atoms. The van der Waals surface area contributed by atoms with E-state index >= 15 is 0 Å². The third-order valence-electron chi connectivity index (χ3n) is 3.77. The highest BCUT2D eigenvalue weighted by Gasteiger charge is 2.26. The number of carboxylic acid groups (broad SMARTS) is 1. The molecule has 1 aliphatic carbocycles. The van der Waals surface area contributed by atoms with E-state index in [1.807, 2.05) is 0 Å². The summed E-state index contributed by atoms with van der Waals surface area (Å²) in [6, 6.07) is 1.69. The van der Waals surface area contributed by atoms with E-state index in [0.717, 1.165) is 25.7 Å². The van der Waals surface area contributed by atoms with Crippen molar-refractivity contribution in [3.63, 3.8) is 0 Å². The zero-order chi connectivity index (χ0) is 15.9.